The van der Waals surface area contributed by atoms with Crippen molar-refractivity contribution < 1.29 is 16.5 Å². The predicted octanol–water partition coefficient (Wildman–Crippen LogP) is 1.72. The highest BCUT2D eigenvalue weighted by molar-refractivity contribution is 7.81. The summed E-state index contributed by atoms with van der Waals surface area (Å²) in [5.41, 5.74) is 0.887. The Labute approximate surface area is 94.2 Å². The lowest BCUT2D eigenvalue weighted by molar-refractivity contribution is 0.278. The molecule has 0 saturated carbocycles. The van der Waals surface area contributed by atoms with Crippen LogP contribution < -0.4 is 0 Å². The molecule has 0 fully saturated rings. The summed E-state index contributed by atoms with van der Waals surface area (Å²) in [7, 11) is -4.88. The lowest BCUT2D eigenvalue weighted by atomic mass is 10.2. The van der Waals surface area contributed by atoms with Crippen molar-refractivity contribution in [3.8, 4) is 0 Å². The second-order valence-corrected chi connectivity index (χ2v) is 4.24. The number of hydrogen-bond donors (Lipinski definition) is 0. The Balaban J connectivity index is 2.46. The minimum Gasteiger partial charge on any atom is -0.287 e. The summed E-state index contributed by atoms with van der Waals surface area (Å²) in [5.74, 6) is 0. The molecule has 0 aromatic heterocycles. The number of nitrogens with zero attached hydrogens (tertiary/aromatic N) is 1. The fourth-order valence-electron chi connectivity index (χ4n) is 0.975. The van der Waals surface area contributed by atoms with Crippen molar-refractivity contribution in [1.29, 1.82) is 0 Å². The quantitative estimate of drug-likeness (QED) is 0.586. The first-order chi connectivity index (χ1) is 7.47. The third-order valence-corrected chi connectivity index (χ3v) is 2.15. The first kappa shape index (κ1) is 12.8. The molecule has 0 spiro atoms. The van der Waals surface area contributed by atoms with E-state index in [1.165, 1.54) is 0 Å². The van der Waals surface area contributed by atoms with E-state index in [9.17, 15) is 12.3 Å². The van der Waals surface area contributed by atoms with Crippen molar-refractivity contribution in [3.63, 3.8) is 0 Å². The number of aliphatic imine (C=N–C) groups is 1. The average Bonchev–Trinajstić information content (AvgIpc) is 2.24. The van der Waals surface area contributed by atoms with Gasteiger partial charge in [-0.2, -0.15) is 8.42 Å². The highest BCUT2D eigenvalue weighted by Crippen LogP contribution is 2.00. The third kappa shape index (κ3) is 5.57. The summed E-state index contributed by atoms with van der Waals surface area (Å²) < 4.78 is 36.1. The van der Waals surface area contributed by atoms with Gasteiger partial charge in [0.1, 0.15) is 0 Å². The van der Waals surface area contributed by atoms with Gasteiger partial charge in [0, 0.05) is 6.21 Å². The minimum absolute atomic E-state index is 0.303. The smallest absolute Gasteiger partial charge is 0.287 e. The van der Waals surface area contributed by atoms with Crippen LogP contribution in [0, 0.1) is 0 Å². The van der Waals surface area contributed by atoms with Crippen LogP contribution in [-0.4, -0.2) is 27.3 Å². The molecule has 0 saturated heterocycles. The molecule has 16 heavy (non-hydrogen) atoms. The van der Waals surface area contributed by atoms with E-state index in [1.54, 1.807) is 13.1 Å². The first-order valence-corrected chi connectivity index (χ1v) is 5.95. The van der Waals surface area contributed by atoms with Crippen molar-refractivity contribution >= 4 is 16.7 Å². The molecular weight excluding hydrogens is 233 g/mol. The van der Waals surface area contributed by atoms with Crippen LogP contribution in [0.2, 0.25) is 0 Å². The van der Waals surface area contributed by atoms with Gasteiger partial charge < -0.3 is 0 Å². The van der Waals surface area contributed by atoms with E-state index >= 15 is 0 Å². The number of halogens is 1. The summed E-state index contributed by atoms with van der Waals surface area (Å²) in [5, 5.41) is 0. The molecule has 1 atom stereocenters. The van der Waals surface area contributed by atoms with Gasteiger partial charge in [-0.3, -0.25) is 4.99 Å². The van der Waals surface area contributed by atoms with E-state index in [-0.39, 0.29) is 6.61 Å². The number of hydrogen-bond acceptors (Lipinski definition) is 4. The Kier molecular flexibility index (Phi) is 4.57. The van der Waals surface area contributed by atoms with Crippen LogP contribution in [0.3, 0.4) is 0 Å². The standard InChI is InChI=1S/C10H12FNO3S/c1-9(8-15-16(11,13)14)12-7-10-5-3-2-4-6-10/h2-7,9H,8H2,1H3/b12-7+. The van der Waals surface area contributed by atoms with Gasteiger partial charge in [-0.1, -0.05) is 34.2 Å². The van der Waals surface area contributed by atoms with Gasteiger partial charge >= 0.3 is 10.5 Å². The van der Waals surface area contributed by atoms with Gasteiger partial charge in [0.05, 0.1) is 12.6 Å². The normalized spacial score (nSPS) is 14.1. The molecule has 1 unspecified atom stereocenters. The molecule has 0 aliphatic carbocycles. The monoisotopic (exact) mass is 245 g/mol. The molecule has 0 radical (unpaired) electrons. The molecule has 0 amide bonds. The fraction of sp³-hybridized carbons (Fsp3) is 0.300. The predicted molar refractivity (Wildman–Crippen MR) is 59.5 cm³/mol. The SMILES string of the molecule is CC(COS(=O)(=O)F)/N=C/c1ccccc1. The Morgan fingerprint density at radius 1 is 1.44 bits per heavy atom. The van der Waals surface area contributed by atoms with Crippen LogP contribution in [0.5, 0.6) is 0 Å². The molecule has 4 nitrogen and oxygen atoms in total. The van der Waals surface area contributed by atoms with Crippen LogP contribution in [0.15, 0.2) is 35.3 Å². The lowest BCUT2D eigenvalue weighted by Gasteiger charge is -2.03. The van der Waals surface area contributed by atoms with Crippen LogP contribution in [0.1, 0.15) is 12.5 Å². The van der Waals surface area contributed by atoms with Crippen molar-refractivity contribution in [3.05, 3.63) is 35.9 Å². The molecule has 0 heterocycles. The van der Waals surface area contributed by atoms with E-state index in [2.05, 4.69) is 9.18 Å². The second kappa shape index (κ2) is 5.72. The molecule has 0 bridgehead atoms. The number of rotatable bonds is 5. The van der Waals surface area contributed by atoms with Crippen LogP contribution in [0.25, 0.3) is 0 Å². The van der Waals surface area contributed by atoms with E-state index in [0.29, 0.717) is 0 Å². The maximum atomic E-state index is 12.0. The molecule has 0 aliphatic heterocycles. The third-order valence-electron chi connectivity index (χ3n) is 1.73. The Hall–Kier alpha value is -1.27. The zero-order chi connectivity index (χ0) is 12.0. The van der Waals surface area contributed by atoms with E-state index in [1.807, 2.05) is 30.3 Å². The van der Waals surface area contributed by atoms with E-state index in [4.69, 9.17) is 0 Å². The summed E-state index contributed by atoms with van der Waals surface area (Å²) in [6, 6.07) is 8.86. The van der Waals surface area contributed by atoms with Crippen LogP contribution in [-0.2, 0) is 14.7 Å². The molecule has 1 rings (SSSR count). The maximum absolute atomic E-state index is 12.0. The minimum atomic E-state index is -4.88. The molecule has 0 N–H and O–H groups in total. The maximum Gasteiger partial charge on any atom is 0.437 e. The molecule has 88 valence electrons. The number of benzene rings is 1. The molecular formula is C10H12FNO3S. The summed E-state index contributed by atoms with van der Waals surface area (Å²) in [4.78, 5) is 4.02. The highest BCUT2D eigenvalue weighted by atomic mass is 32.3. The van der Waals surface area contributed by atoms with Gasteiger partial charge in [0.25, 0.3) is 0 Å². The summed E-state index contributed by atoms with van der Waals surface area (Å²) in [6.07, 6.45) is 1.58. The van der Waals surface area contributed by atoms with Crippen molar-refractivity contribution in [2.45, 2.75) is 13.0 Å². The van der Waals surface area contributed by atoms with E-state index < -0.39 is 16.5 Å². The Morgan fingerprint density at radius 2 is 2.06 bits per heavy atom. The van der Waals surface area contributed by atoms with E-state index in [0.717, 1.165) is 5.56 Å². The second-order valence-electron chi connectivity index (χ2n) is 3.22. The topological polar surface area (TPSA) is 55.7 Å². The molecule has 1 aromatic rings. The zero-order valence-corrected chi connectivity index (χ0v) is 9.52. The first-order valence-electron chi connectivity index (χ1n) is 4.64. The molecule has 1 aromatic carbocycles. The Morgan fingerprint density at radius 3 is 2.62 bits per heavy atom. The summed E-state index contributed by atoms with van der Waals surface area (Å²) >= 11 is 0. The largest absolute Gasteiger partial charge is 0.437 e. The zero-order valence-electron chi connectivity index (χ0n) is 8.71. The Bertz CT molecular complexity index is 444. The van der Waals surface area contributed by atoms with Crippen molar-refractivity contribution in [2.75, 3.05) is 6.61 Å². The average molecular weight is 245 g/mol. The lowest BCUT2D eigenvalue weighted by Crippen LogP contribution is -2.11. The highest BCUT2D eigenvalue weighted by Gasteiger charge is 2.09. The summed E-state index contributed by atoms with van der Waals surface area (Å²) in [6.45, 7) is 1.33. The van der Waals surface area contributed by atoms with Gasteiger partial charge in [0.2, 0.25) is 0 Å². The van der Waals surface area contributed by atoms with Gasteiger partial charge in [-0.15, -0.1) is 0 Å². The molecule has 0 aliphatic rings. The molecule has 6 heteroatoms. The van der Waals surface area contributed by atoms with Gasteiger partial charge in [-0.25, -0.2) is 4.18 Å². The van der Waals surface area contributed by atoms with Gasteiger partial charge in [0.15, 0.2) is 0 Å². The van der Waals surface area contributed by atoms with Crippen LogP contribution >= 0.6 is 0 Å². The van der Waals surface area contributed by atoms with Crippen molar-refractivity contribution in [2.24, 2.45) is 4.99 Å². The van der Waals surface area contributed by atoms with Gasteiger partial charge in [-0.05, 0) is 12.5 Å². The van der Waals surface area contributed by atoms with Crippen molar-refractivity contribution in [1.82, 2.24) is 0 Å². The fourth-order valence-corrected chi connectivity index (χ4v) is 1.33. The van der Waals surface area contributed by atoms with Crippen LogP contribution in [0.4, 0.5) is 3.89 Å².